The van der Waals surface area contributed by atoms with Crippen molar-refractivity contribution < 1.29 is 9.53 Å². The molecule has 0 bridgehead atoms. The summed E-state index contributed by atoms with van der Waals surface area (Å²) >= 11 is 0. The van der Waals surface area contributed by atoms with Crippen LogP contribution in [0.25, 0.3) is 0 Å². The SMILES string of the molecule is Cc1ccc(OCC(=O)N[C@H](C)c2ccccc2)cc1. The Balaban J connectivity index is 1.82. The van der Waals surface area contributed by atoms with E-state index in [1.165, 1.54) is 5.56 Å². The number of nitrogens with one attached hydrogen (secondary N) is 1. The van der Waals surface area contributed by atoms with Crippen molar-refractivity contribution in [1.82, 2.24) is 5.32 Å². The van der Waals surface area contributed by atoms with E-state index in [4.69, 9.17) is 4.74 Å². The van der Waals surface area contributed by atoms with Crippen molar-refractivity contribution in [1.29, 1.82) is 0 Å². The van der Waals surface area contributed by atoms with Gasteiger partial charge in [-0.3, -0.25) is 4.79 Å². The van der Waals surface area contributed by atoms with E-state index in [-0.39, 0.29) is 18.6 Å². The van der Waals surface area contributed by atoms with Crippen LogP contribution in [0.1, 0.15) is 24.1 Å². The maximum Gasteiger partial charge on any atom is 0.258 e. The molecule has 0 unspecified atom stereocenters. The minimum atomic E-state index is -0.123. The van der Waals surface area contributed by atoms with E-state index in [2.05, 4.69) is 5.32 Å². The number of hydrogen-bond acceptors (Lipinski definition) is 2. The highest BCUT2D eigenvalue weighted by atomic mass is 16.5. The van der Waals surface area contributed by atoms with Gasteiger partial charge < -0.3 is 10.1 Å². The van der Waals surface area contributed by atoms with Crippen molar-refractivity contribution in [3.63, 3.8) is 0 Å². The van der Waals surface area contributed by atoms with Crippen LogP contribution in [-0.2, 0) is 4.79 Å². The predicted molar refractivity (Wildman–Crippen MR) is 79.7 cm³/mol. The van der Waals surface area contributed by atoms with Gasteiger partial charge in [0.1, 0.15) is 5.75 Å². The maximum atomic E-state index is 11.8. The van der Waals surface area contributed by atoms with Crippen LogP contribution in [0.5, 0.6) is 5.75 Å². The van der Waals surface area contributed by atoms with E-state index in [1.807, 2.05) is 68.4 Å². The highest BCUT2D eigenvalue weighted by molar-refractivity contribution is 5.78. The van der Waals surface area contributed by atoms with Crippen molar-refractivity contribution in [3.8, 4) is 5.75 Å². The lowest BCUT2D eigenvalue weighted by Crippen LogP contribution is -2.31. The Kier molecular flexibility index (Phi) is 4.77. The lowest BCUT2D eigenvalue weighted by molar-refractivity contribution is -0.123. The fraction of sp³-hybridized carbons (Fsp3) is 0.235. The molecule has 3 nitrogen and oxygen atoms in total. The first kappa shape index (κ1) is 14.1. The molecule has 0 heterocycles. The molecule has 3 heteroatoms. The van der Waals surface area contributed by atoms with Gasteiger partial charge in [0.05, 0.1) is 6.04 Å². The summed E-state index contributed by atoms with van der Waals surface area (Å²) in [6, 6.07) is 17.5. The van der Waals surface area contributed by atoms with Crippen molar-refractivity contribution >= 4 is 5.91 Å². The molecule has 0 aromatic heterocycles. The Morgan fingerprint density at radius 1 is 1.10 bits per heavy atom. The smallest absolute Gasteiger partial charge is 0.258 e. The van der Waals surface area contributed by atoms with Gasteiger partial charge in [0, 0.05) is 0 Å². The maximum absolute atomic E-state index is 11.8. The average molecular weight is 269 g/mol. The minimum absolute atomic E-state index is 0.0229. The van der Waals surface area contributed by atoms with Gasteiger partial charge in [0.2, 0.25) is 0 Å². The van der Waals surface area contributed by atoms with Gasteiger partial charge in [0.25, 0.3) is 5.91 Å². The third-order valence-corrected chi connectivity index (χ3v) is 3.07. The first-order valence-corrected chi connectivity index (χ1v) is 6.69. The van der Waals surface area contributed by atoms with E-state index < -0.39 is 0 Å². The summed E-state index contributed by atoms with van der Waals surface area (Å²) in [5, 5.41) is 2.91. The molecule has 2 aromatic carbocycles. The molecule has 0 aliphatic heterocycles. The van der Waals surface area contributed by atoms with E-state index >= 15 is 0 Å². The Labute approximate surface area is 119 Å². The molecule has 1 atom stereocenters. The van der Waals surface area contributed by atoms with E-state index in [9.17, 15) is 4.79 Å². The number of carbonyl (C=O) groups is 1. The molecule has 0 saturated heterocycles. The normalized spacial score (nSPS) is 11.7. The van der Waals surface area contributed by atoms with Gasteiger partial charge in [0.15, 0.2) is 6.61 Å². The van der Waals surface area contributed by atoms with Gasteiger partial charge in [-0.25, -0.2) is 0 Å². The highest BCUT2D eigenvalue weighted by Crippen LogP contribution is 2.12. The molecule has 2 rings (SSSR count). The van der Waals surface area contributed by atoms with Crippen LogP contribution in [0.15, 0.2) is 54.6 Å². The fourth-order valence-corrected chi connectivity index (χ4v) is 1.89. The molecule has 1 amide bonds. The van der Waals surface area contributed by atoms with Crippen LogP contribution in [0.4, 0.5) is 0 Å². The third kappa shape index (κ3) is 4.12. The molecule has 0 aliphatic carbocycles. The Bertz CT molecular complexity index is 549. The molecule has 0 saturated carbocycles. The van der Waals surface area contributed by atoms with Crippen molar-refractivity contribution in [3.05, 3.63) is 65.7 Å². The fourth-order valence-electron chi connectivity index (χ4n) is 1.89. The summed E-state index contributed by atoms with van der Waals surface area (Å²) in [6.45, 7) is 4.00. The number of hydrogen-bond donors (Lipinski definition) is 1. The number of benzene rings is 2. The Morgan fingerprint density at radius 2 is 1.75 bits per heavy atom. The molecule has 0 aliphatic rings. The molecule has 1 N–H and O–H groups in total. The topological polar surface area (TPSA) is 38.3 Å². The summed E-state index contributed by atoms with van der Waals surface area (Å²) in [6.07, 6.45) is 0. The lowest BCUT2D eigenvalue weighted by Gasteiger charge is -2.14. The summed E-state index contributed by atoms with van der Waals surface area (Å²) in [4.78, 5) is 11.8. The number of aryl methyl sites for hydroxylation is 1. The first-order valence-electron chi connectivity index (χ1n) is 6.69. The summed E-state index contributed by atoms with van der Waals surface area (Å²) in [7, 11) is 0. The molecule has 0 spiro atoms. The second-order valence-corrected chi connectivity index (χ2v) is 4.80. The van der Waals surface area contributed by atoms with Gasteiger partial charge in [-0.1, -0.05) is 48.0 Å². The standard InChI is InChI=1S/C17H19NO2/c1-13-8-10-16(11-9-13)20-12-17(19)18-14(2)15-6-4-3-5-7-15/h3-11,14H,12H2,1-2H3,(H,18,19)/t14-/m1/s1. The van der Waals surface area contributed by atoms with Crippen LogP contribution in [-0.4, -0.2) is 12.5 Å². The molecule has 0 fully saturated rings. The highest BCUT2D eigenvalue weighted by Gasteiger charge is 2.09. The zero-order valence-electron chi connectivity index (χ0n) is 11.8. The van der Waals surface area contributed by atoms with Crippen LogP contribution in [0, 0.1) is 6.92 Å². The number of rotatable bonds is 5. The Hall–Kier alpha value is -2.29. The molecule has 104 valence electrons. The van der Waals surface area contributed by atoms with Crippen LogP contribution in [0.2, 0.25) is 0 Å². The van der Waals surface area contributed by atoms with Crippen LogP contribution < -0.4 is 10.1 Å². The van der Waals surface area contributed by atoms with E-state index in [1.54, 1.807) is 0 Å². The van der Waals surface area contributed by atoms with Crippen molar-refractivity contribution in [2.24, 2.45) is 0 Å². The largest absolute Gasteiger partial charge is 0.484 e. The van der Waals surface area contributed by atoms with Crippen LogP contribution in [0.3, 0.4) is 0 Å². The quantitative estimate of drug-likeness (QED) is 0.904. The van der Waals surface area contributed by atoms with Crippen molar-refractivity contribution in [2.75, 3.05) is 6.61 Å². The second-order valence-electron chi connectivity index (χ2n) is 4.80. The number of ether oxygens (including phenoxy) is 1. The Morgan fingerprint density at radius 3 is 2.40 bits per heavy atom. The summed E-state index contributed by atoms with van der Waals surface area (Å²) in [5.74, 6) is 0.583. The van der Waals surface area contributed by atoms with E-state index in [0.717, 1.165) is 5.56 Å². The second kappa shape index (κ2) is 6.75. The number of carbonyl (C=O) groups excluding carboxylic acids is 1. The van der Waals surface area contributed by atoms with Crippen molar-refractivity contribution in [2.45, 2.75) is 19.9 Å². The molecule has 2 aromatic rings. The first-order chi connectivity index (χ1) is 9.65. The zero-order chi connectivity index (χ0) is 14.4. The predicted octanol–water partition coefficient (Wildman–Crippen LogP) is 3.25. The van der Waals surface area contributed by atoms with E-state index in [0.29, 0.717) is 5.75 Å². The third-order valence-electron chi connectivity index (χ3n) is 3.07. The monoisotopic (exact) mass is 269 g/mol. The molecule has 20 heavy (non-hydrogen) atoms. The van der Waals surface area contributed by atoms with Gasteiger partial charge in [-0.2, -0.15) is 0 Å². The summed E-state index contributed by atoms with van der Waals surface area (Å²) in [5.41, 5.74) is 2.25. The zero-order valence-corrected chi connectivity index (χ0v) is 11.8. The molecule has 0 radical (unpaired) electrons. The van der Waals surface area contributed by atoms with Gasteiger partial charge >= 0.3 is 0 Å². The van der Waals surface area contributed by atoms with Crippen LogP contribution >= 0.6 is 0 Å². The van der Waals surface area contributed by atoms with Gasteiger partial charge in [-0.15, -0.1) is 0 Å². The molecular weight excluding hydrogens is 250 g/mol. The minimum Gasteiger partial charge on any atom is -0.484 e. The lowest BCUT2D eigenvalue weighted by atomic mass is 10.1. The van der Waals surface area contributed by atoms with Gasteiger partial charge in [-0.05, 0) is 31.5 Å². The average Bonchev–Trinajstić information content (AvgIpc) is 2.47. The number of amides is 1. The molecular formula is C17H19NO2. The summed E-state index contributed by atoms with van der Waals surface area (Å²) < 4.78 is 5.45.